The fourth-order valence-electron chi connectivity index (χ4n) is 2.66. The Morgan fingerprint density at radius 2 is 1.96 bits per heavy atom. The lowest BCUT2D eigenvalue weighted by atomic mass is 10.2. The molecule has 6 heteroatoms. The minimum absolute atomic E-state index is 0.147. The molecular formula is C18H13N3O2S. The molecule has 2 N–H and O–H groups in total. The van der Waals surface area contributed by atoms with Crippen molar-refractivity contribution in [1.82, 2.24) is 15.3 Å². The van der Waals surface area contributed by atoms with Crippen LogP contribution in [0.2, 0.25) is 0 Å². The monoisotopic (exact) mass is 335 g/mol. The van der Waals surface area contributed by atoms with E-state index in [0.717, 1.165) is 33.3 Å². The SMILES string of the molecule is O=C(NCc1ccccn1)c1cc2c([nH]c3ccccc32)c(=O)s1. The maximum absolute atomic E-state index is 12.4. The number of aromatic amines is 1. The molecule has 1 aromatic carbocycles. The van der Waals surface area contributed by atoms with E-state index in [1.807, 2.05) is 42.5 Å². The summed E-state index contributed by atoms with van der Waals surface area (Å²) in [6.45, 7) is 0.326. The van der Waals surface area contributed by atoms with Crippen molar-refractivity contribution in [2.24, 2.45) is 0 Å². The van der Waals surface area contributed by atoms with Crippen LogP contribution in [-0.2, 0) is 6.54 Å². The second-order valence-electron chi connectivity index (χ2n) is 5.36. The van der Waals surface area contributed by atoms with Gasteiger partial charge in [-0.15, -0.1) is 0 Å². The quantitative estimate of drug-likeness (QED) is 0.604. The van der Waals surface area contributed by atoms with Crippen LogP contribution in [0.3, 0.4) is 0 Å². The van der Waals surface area contributed by atoms with Gasteiger partial charge in [-0.3, -0.25) is 14.6 Å². The number of fused-ring (bicyclic) bond motifs is 3. The number of aromatic nitrogens is 2. The van der Waals surface area contributed by atoms with E-state index in [2.05, 4.69) is 15.3 Å². The summed E-state index contributed by atoms with van der Waals surface area (Å²) >= 11 is 0.946. The van der Waals surface area contributed by atoms with Gasteiger partial charge in [-0.2, -0.15) is 0 Å². The Kier molecular flexibility index (Phi) is 3.59. The largest absolute Gasteiger partial charge is 0.351 e. The van der Waals surface area contributed by atoms with Gasteiger partial charge < -0.3 is 10.3 Å². The first-order valence-corrected chi connectivity index (χ1v) is 8.27. The molecule has 0 aliphatic rings. The number of hydrogen-bond acceptors (Lipinski definition) is 4. The van der Waals surface area contributed by atoms with Crippen molar-refractivity contribution in [1.29, 1.82) is 0 Å². The molecule has 0 aliphatic heterocycles. The van der Waals surface area contributed by atoms with Gasteiger partial charge in [0.25, 0.3) is 10.6 Å². The van der Waals surface area contributed by atoms with E-state index < -0.39 is 0 Å². The van der Waals surface area contributed by atoms with Crippen LogP contribution in [0.1, 0.15) is 15.4 Å². The number of benzene rings is 1. The highest BCUT2D eigenvalue weighted by Crippen LogP contribution is 2.25. The zero-order valence-corrected chi connectivity index (χ0v) is 13.4. The number of amides is 1. The first kappa shape index (κ1) is 14.6. The number of rotatable bonds is 3. The number of hydrogen-bond donors (Lipinski definition) is 2. The third-order valence-electron chi connectivity index (χ3n) is 3.81. The molecule has 24 heavy (non-hydrogen) atoms. The van der Waals surface area contributed by atoms with E-state index in [1.54, 1.807) is 12.3 Å². The highest BCUT2D eigenvalue weighted by molar-refractivity contribution is 7.12. The third-order valence-corrected chi connectivity index (χ3v) is 4.72. The number of nitrogens with one attached hydrogen (secondary N) is 2. The molecule has 0 fully saturated rings. The van der Waals surface area contributed by atoms with Crippen LogP contribution < -0.4 is 10.1 Å². The van der Waals surface area contributed by atoms with Gasteiger partial charge in [0, 0.05) is 22.5 Å². The van der Waals surface area contributed by atoms with Crippen LogP contribution >= 0.6 is 11.3 Å². The van der Waals surface area contributed by atoms with Crippen LogP contribution in [0.15, 0.2) is 59.5 Å². The number of carbonyl (C=O) groups excluding carboxylic acids is 1. The molecule has 0 saturated heterocycles. The van der Waals surface area contributed by atoms with Crippen molar-refractivity contribution in [3.05, 3.63) is 74.8 Å². The smallest absolute Gasteiger partial charge is 0.261 e. The molecule has 3 aromatic heterocycles. The summed E-state index contributed by atoms with van der Waals surface area (Å²) in [5, 5.41) is 4.52. The Labute approximate surface area is 141 Å². The van der Waals surface area contributed by atoms with Gasteiger partial charge in [0.15, 0.2) is 0 Å². The molecular weight excluding hydrogens is 322 g/mol. The Morgan fingerprint density at radius 1 is 1.12 bits per heavy atom. The van der Waals surface area contributed by atoms with E-state index >= 15 is 0 Å². The fraction of sp³-hybridized carbons (Fsp3) is 0.0556. The first-order chi connectivity index (χ1) is 11.7. The summed E-state index contributed by atoms with van der Waals surface area (Å²) in [6, 6.07) is 15.0. The predicted octanol–water partition coefficient (Wildman–Crippen LogP) is 3.07. The number of para-hydroxylation sites is 1. The number of pyridine rings is 1. The molecule has 5 nitrogen and oxygen atoms in total. The first-order valence-electron chi connectivity index (χ1n) is 7.45. The van der Waals surface area contributed by atoms with Gasteiger partial charge in [0.05, 0.1) is 17.1 Å². The molecule has 0 radical (unpaired) electrons. The molecule has 0 spiro atoms. The molecule has 0 unspecified atom stereocenters. The molecule has 4 aromatic rings. The Bertz CT molecular complexity index is 1100. The zero-order chi connectivity index (χ0) is 16.5. The summed E-state index contributed by atoms with van der Waals surface area (Å²) < 4.78 is -0.147. The van der Waals surface area contributed by atoms with E-state index in [-0.39, 0.29) is 10.6 Å². The van der Waals surface area contributed by atoms with Crippen LogP contribution in [0.5, 0.6) is 0 Å². The number of nitrogens with zero attached hydrogens (tertiary/aromatic N) is 1. The topological polar surface area (TPSA) is 74.8 Å². The lowest BCUT2D eigenvalue weighted by Gasteiger charge is -2.04. The minimum atomic E-state index is -0.269. The highest BCUT2D eigenvalue weighted by atomic mass is 32.1. The molecule has 118 valence electrons. The van der Waals surface area contributed by atoms with E-state index in [0.29, 0.717) is 16.9 Å². The van der Waals surface area contributed by atoms with Gasteiger partial charge in [-0.1, -0.05) is 35.6 Å². The standard InChI is InChI=1S/C18H13N3O2S/c22-17(20-10-11-5-3-4-8-19-11)15-9-13-12-6-1-2-7-14(12)21-16(13)18(23)24-15/h1-9,21H,10H2,(H,20,22). The Morgan fingerprint density at radius 3 is 2.79 bits per heavy atom. The maximum atomic E-state index is 12.4. The number of carbonyl (C=O) groups is 1. The lowest BCUT2D eigenvalue weighted by molar-refractivity contribution is 0.0954. The van der Waals surface area contributed by atoms with Gasteiger partial charge in [0.2, 0.25) is 0 Å². The highest BCUT2D eigenvalue weighted by Gasteiger charge is 2.13. The van der Waals surface area contributed by atoms with E-state index in [9.17, 15) is 9.59 Å². The summed E-state index contributed by atoms with van der Waals surface area (Å²) in [5.74, 6) is -0.269. The molecule has 0 saturated carbocycles. The average Bonchev–Trinajstić information content (AvgIpc) is 3.00. The van der Waals surface area contributed by atoms with Crippen LogP contribution in [0, 0.1) is 0 Å². The Hall–Kier alpha value is -2.99. The minimum Gasteiger partial charge on any atom is -0.351 e. The lowest BCUT2D eigenvalue weighted by Crippen LogP contribution is -2.23. The molecule has 0 aliphatic carbocycles. The summed E-state index contributed by atoms with van der Waals surface area (Å²) in [7, 11) is 0. The van der Waals surface area contributed by atoms with Gasteiger partial charge in [-0.25, -0.2) is 0 Å². The van der Waals surface area contributed by atoms with E-state index in [4.69, 9.17) is 0 Å². The van der Waals surface area contributed by atoms with Crippen molar-refractivity contribution in [2.45, 2.75) is 6.54 Å². The van der Waals surface area contributed by atoms with Gasteiger partial charge in [-0.05, 0) is 24.3 Å². The average molecular weight is 335 g/mol. The van der Waals surface area contributed by atoms with Crippen molar-refractivity contribution in [2.75, 3.05) is 0 Å². The van der Waals surface area contributed by atoms with E-state index in [1.165, 1.54) is 0 Å². The second kappa shape index (κ2) is 5.90. The molecule has 0 atom stereocenters. The van der Waals surface area contributed by atoms with Gasteiger partial charge >= 0.3 is 0 Å². The van der Waals surface area contributed by atoms with Crippen molar-refractivity contribution < 1.29 is 4.79 Å². The fourth-order valence-corrected chi connectivity index (χ4v) is 3.46. The van der Waals surface area contributed by atoms with Crippen molar-refractivity contribution in [3.63, 3.8) is 0 Å². The zero-order valence-electron chi connectivity index (χ0n) is 12.6. The Balaban J connectivity index is 1.70. The van der Waals surface area contributed by atoms with Gasteiger partial charge in [0.1, 0.15) is 5.52 Å². The maximum Gasteiger partial charge on any atom is 0.261 e. The summed E-state index contributed by atoms with van der Waals surface area (Å²) in [4.78, 5) is 32.4. The normalized spacial score (nSPS) is 11.0. The third kappa shape index (κ3) is 2.57. The molecule has 1 amide bonds. The number of H-pyrrole nitrogens is 1. The molecule has 0 bridgehead atoms. The second-order valence-corrected chi connectivity index (χ2v) is 6.38. The summed E-state index contributed by atoms with van der Waals surface area (Å²) in [5.41, 5.74) is 2.21. The summed E-state index contributed by atoms with van der Waals surface area (Å²) in [6.07, 6.45) is 1.68. The van der Waals surface area contributed by atoms with Crippen LogP contribution in [0.4, 0.5) is 0 Å². The predicted molar refractivity (Wildman–Crippen MR) is 95.4 cm³/mol. The van der Waals surface area contributed by atoms with Crippen molar-refractivity contribution in [3.8, 4) is 0 Å². The van der Waals surface area contributed by atoms with Crippen molar-refractivity contribution >= 4 is 39.0 Å². The molecule has 4 rings (SSSR count). The molecule has 3 heterocycles. The van der Waals surface area contributed by atoms with Crippen LogP contribution in [-0.4, -0.2) is 15.9 Å². The van der Waals surface area contributed by atoms with Crippen LogP contribution in [0.25, 0.3) is 21.8 Å².